The number of hydrogen-bond donors (Lipinski definition) is 0. The van der Waals surface area contributed by atoms with Crippen LogP contribution in [0.5, 0.6) is 0 Å². The molecular weight excluding hydrogens is 303 g/mol. The normalized spacial score (nSPS) is 12.7. The van der Waals surface area contributed by atoms with Gasteiger partial charge in [-0.1, -0.05) is 18.2 Å². The molecule has 0 aliphatic heterocycles. The number of benzene rings is 1. The minimum absolute atomic E-state index is 0.00351. The summed E-state index contributed by atoms with van der Waals surface area (Å²) in [5, 5.41) is 7.84. The van der Waals surface area contributed by atoms with Crippen LogP contribution in [0, 0.1) is 0 Å². The lowest BCUT2D eigenvalue weighted by molar-refractivity contribution is -0.137. The molecule has 21 heavy (non-hydrogen) atoms. The molecule has 0 atom stereocenters. The summed E-state index contributed by atoms with van der Waals surface area (Å²) in [5.74, 6) is 0.695. The van der Waals surface area contributed by atoms with Crippen molar-refractivity contribution in [2.24, 2.45) is 0 Å². The Kier molecular flexibility index (Phi) is 4.02. The van der Waals surface area contributed by atoms with Crippen molar-refractivity contribution in [1.82, 2.24) is 14.8 Å². The van der Waals surface area contributed by atoms with Gasteiger partial charge in [-0.2, -0.15) is 13.2 Å². The van der Waals surface area contributed by atoms with Gasteiger partial charge in [0.15, 0.2) is 5.82 Å². The summed E-state index contributed by atoms with van der Waals surface area (Å²) in [6.07, 6.45) is -4.45. The Labute approximate surface area is 125 Å². The second-order valence-electron chi connectivity index (χ2n) is 5.62. The highest BCUT2D eigenvalue weighted by Crippen LogP contribution is 2.37. The van der Waals surface area contributed by atoms with Crippen LogP contribution in [0.3, 0.4) is 0 Å². The molecule has 0 saturated heterocycles. The molecule has 0 radical (unpaired) electrons. The summed E-state index contributed by atoms with van der Waals surface area (Å²) >= 11 is 5.82. The summed E-state index contributed by atoms with van der Waals surface area (Å²) in [6.45, 7) is 5.60. The average Bonchev–Trinajstić information content (AvgIpc) is 2.81. The van der Waals surface area contributed by atoms with E-state index in [-0.39, 0.29) is 17.3 Å². The van der Waals surface area contributed by atoms with Crippen LogP contribution in [-0.2, 0) is 17.6 Å². The zero-order valence-corrected chi connectivity index (χ0v) is 12.6. The van der Waals surface area contributed by atoms with E-state index in [1.807, 2.05) is 20.8 Å². The largest absolute Gasteiger partial charge is 0.417 e. The molecule has 2 aromatic rings. The molecule has 7 heteroatoms. The predicted octanol–water partition coefficient (Wildman–Crippen LogP) is 4.46. The molecule has 1 heterocycles. The lowest BCUT2D eigenvalue weighted by atomic mass is 10.0. The third-order valence-corrected chi connectivity index (χ3v) is 3.23. The first-order valence-corrected chi connectivity index (χ1v) is 6.87. The Hall–Kier alpha value is -1.56. The maximum absolute atomic E-state index is 13.2. The van der Waals surface area contributed by atoms with Gasteiger partial charge in [-0.3, -0.25) is 0 Å². The van der Waals surface area contributed by atoms with Gasteiger partial charge in [-0.25, -0.2) is 0 Å². The maximum Gasteiger partial charge on any atom is 0.417 e. The maximum atomic E-state index is 13.2. The van der Waals surface area contributed by atoms with Crippen molar-refractivity contribution in [3.8, 4) is 11.4 Å². The second kappa shape index (κ2) is 5.33. The molecule has 2 rings (SSSR count). The molecule has 1 aromatic carbocycles. The zero-order valence-electron chi connectivity index (χ0n) is 11.9. The number of halogens is 4. The van der Waals surface area contributed by atoms with E-state index in [1.54, 1.807) is 10.6 Å². The van der Waals surface area contributed by atoms with Crippen molar-refractivity contribution in [3.63, 3.8) is 0 Å². The van der Waals surface area contributed by atoms with Gasteiger partial charge in [0.1, 0.15) is 5.82 Å². The first-order valence-electron chi connectivity index (χ1n) is 6.33. The topological polar surface area (TPSA) is 30.7 Å². The van der Waals surface area contributed by atoms with E-state index in [4.69, 9.17) is 11.6 Å². The van der Waals surface area contributed by atoms with Gasteiger partial charge in [0.05, 0.1) is 11.4 Å². The Morgan fingerprint density at radius 2 is 1.71 bits per heavy atom. The Morgan fingerprint density at radius 3 is 2.24 bits per heavy atom. The Balaban J connectivity index is 2.73. The van der Waals surface area contributed by atoms with E-state index in [2.05, 4.69) is 10.2 Å². The molecule has 0 saturated carbocycles. The molecule has 3 nitrogen and oxygen atoms in total. The van der Waals surface area contributed by atoms with Crippen molar-refractivity contribution in [3.05, 3.63) is 35.7 Å². The summed E-state index contributed by atoms with van der Waals surface area (Å²) in [5.41, 5.74) is -1.21. The third-order valence-electron chi connectivity index (χ3n) is 2.99. The van der Waals surface area contributed by atoms with Gasteiger partial charge < -0.3 is 4.57 Å². The fraction of sp³-hybridized carbons (Fsp3) is 0.429. The number of aromatic nitrogens is 3. The quantitative estimate of drug-likeness (QED) is 0.766. The zero-order chi connectivity index (χ0) is 15.8. The monoisotopic (exact) mass is 317 g/mol. The highest BCUT2D eigenvalue weighted by molar-refractivity contribution is 6.16. The lowest BCUT2D eigenvalue weighted by Crippen LogP contribution is -2.25. The average molecular weight is 318 g/mol. The van der Waals surface area contributed by atoms with Crippen LogP contribution in [-0.4, -0.2) is 14.8 Å². The fourth-order valence-corrected chi connectivity index (χ4v) is 2.38. The molecule has 0 amide bonds. The van der Waals surface area contributed by atoms with Crippen LogP contribution in [0.4, 0.5) is 13.2 Å². The van der Waals surface area contributed by atoms with E-state index in [0.29, 0.717) is 5.82 Å². The summed E-state index contributed by atoms with van der Waals surface area (Å²) in [6, 6.07) is 5.34. The van der Waals surface area contributed by atoms with E-state index >= 15 is 0 Å². The number of rotatable bonds is 2. The first-order chi connectivity index (χ1) is 9.66. The molecule has 0 spiro atoms. The lowest BCUT2D eigenvalue weighted by Gasteiger charge is -2.25. The number of alkyl halides is 4. The van der Waals surface area contributed by atoms with Crippen molar-refractivity contribution < 1.29 is 13.2 Å². The summed E-state index contributed by atoms with van der Waals surface area (Å²) in [4.78, 5) is 0. The minimum atomic E-state index is -4.45. The first kappa shape index (κ1) is 15.8. The van der Waals surface area contributed by atoms with Gasteiger partial charge in [-0.15, -0.1) is 21.8 Å². The highest BCUT2D eigenvalue weighted by atomic mass is 35.5. The number of nitrogens with zero attached hydrogens (tertiary/aromatic N) is 3. The Morgan fingerprint density at radius 1 is 1.10 bits per heavy atom. The van der Waals surface area contributed by atoms with Crippen LogP contribution < -0.4 is 0 Å². The van der Waals surface area contributed by atoms with Gasteiger partial charge in [0.25, 0.3) is 0 Å². The third kappa shape index (κ3) is 3.05. The van der Waals surface area contributed by atoms with Gasteiger partial charge in [0.2, 0.25) is 0 Å². The van der Waals surface area contributed by atoms with Gasteiger partial charge in [0, 0.05) is 11.1 Å². The smallest absolute Gasteiger partial charge is 0.305 e. The molecule has 0 bridgehead atoms. The van der Waals surface area contributed by atoms with Gasteiger partial charge in [-0.05, 0) is 26.8 Å². The van der Waals surface area contributed by atoms with Crippen molar-refractivity contribution in [2.75, 3.05) is 0 Å². The molecule has 0 fully saturated rings. The SMILES string of the molecule is CC(C)(C)n1c(CCl)nnc1-c1ccccc1C(F)(F)F. The fourth-order valence-electron chi connectivity index (χ4n) is 2.21. The van der Waals surface area contributed by atoms with Gasteiger partial charge >= 0.3 is 6.18 Å². The van der Waals surface area contributed by atoms with Crippen molar-refractivity contribution in [1.29, 1.82) is 0 Å². The van der Waals surface area contributed by atoms with E-state index in [9.17, 15) is 13.2 Å². The Bertz CT molecular complexity index is 642. The predicted molar refractivity (Wildman–Crippen MR) is 75.0 cm³/mol. The number of hydrogen-bond acceptors (Lipinski definition) is 2. The molecule has 0 aliphatic rings. The molecule has 1 aromatic heterocycles. The standard InChI is InChI=1S/C14H15ClF3N3/c1-13(2,3)21-11(8-15)19-20-12(21)9-6-4-5-7-10(9)14(16,17)18/h4-7H,8H2,1-3H3. The van der Waals surface area contributed by atoms with Crippen molar-refractivity contribution >= 4 is 11.6 Å². The molecular formula is C14H15ClF3N3. The van der Waals surface area contributed by atoms with Crippen LogP contribution in [0.1, 0.15) is 32.2 Å². The van der Waals surface area contributed by atoms with Crippen LogP contribution in [0.15, 0.2) is 24.3 Å². The second-order valence-corrected chi connectivity index (χ2v) is 5.89. The van der Waals surface area contributed by atoms with Crippen molar-refractivity contribution in [2.45, 2.75) is 38.4 Å². The summed E-state index contributed by atoms with van der Waals surface area (Å²) < 4.78 is 41.1. The minimum Gasteiger partial charge on any atom is -0.305 e. The summed E-state index contributed by atoms with van der Waals surface area (Å²) in [7, 11) is 0. The van der Waals surface area contributed by atoms with Crippen LogP contribution in [0.25, 0.3) is 11.4 Å². The van der Waals surface area contributed by atoms with E-state index in [1.165, 1.54) is 12.1 Å². The molecule has 0 unspecified atom stereocenters. The van der Waals surface area contributed by atoms with E-state index in [0.717, 1.165) is 6.07 Å². The molecule has 0 N–H and O–H groups in total. The van der Waals surface area contributed by atoms with E-state index < -0.39 is 17.3 Å². The van der Waals surface area contributed by atoms with Crippen LogP contribution >= 0.6 is 11.6 Å². The molecule has 0 aliphatic carbocycles. The van der Waals surface area contributed by atoms with Crippen LogP contribution in [0.2, 0.25) is 0 Å². The highest BCUT2D eigenvalue weighted by Gasteiger charge is 2.35. The molecule has 114 valence electrons.